The van der Waals surface area contributed by atoms with E-state index in [1.54, 1.807) is 24.3 Å². The number of hydrogen-bond donors (Lipinski definition) is 4. The van der Waals surface area contributed by atoms with Gasteiger partial charge in [0.05, 0.1) is 28.4 Å². The maximum atomic E-state index is 14.2. The summed E-state index contributed by atoms with van der Waals surface area (Å²) < 4.78 is 15.4. The number of likely N-dealkylation sites (tertiary alicyclic amines) is 1. The van der Waals surface area contributed by atoms with Gasteiger partial charge in [-0.15, -0.1) is 0 Å². The number of rotatable bonds is 5. The van der Waals surface area contributed by atoms with Crippen molar-refractivity contribution >= 4 is 46.2 Å². The van der Waals surface area contributed by atoms with Gasteiger partial charge in [-0.05, 0) is 17.7 Å². The van der Waals surface area contributed by atoms with Crippen molar-refractivity contribution in [3.8, 4) is 0 Å². The molecule has 3 atom stereocenters. The van der Waals surface area contributed by atoms with E-state index >= 15 is 0 Å². The van der Waals surface area contributed by atoms with Crippen LogP contribution < -0.4 is 16.4 Å². The Labute approximate surface area is 208 Å². The normalized spacial score (nSPS) is 19.1. The number of nitrogens with zero attached hydrogens (tertiary/aromatic N) is 5. The van der Waals surface area contributed by atoms with Crippen LogP contribution >= 0.6 is 11.6 Å². The van der Waals surface area contributed by atoms with Crippen molar-refractivity contribution in [2.24, 2.45) is 10.8 Å². The van der Waals surface area contributed by atoms with Gasteiger partial charge in [-0.25, -0.2) is 14.0 Å². The molecule has 1 aliphatic rings. The molecule has 0 saturated carbocycles. The number of nitrogens with one attached hydrogen (secondary N) is 2. The van der Waals surface area contributed by atoms with Crippen LogP contribution in [-0.2, 0) is 11.3 Å². The number of azide groups is 1. The van der Waals surface area contributed by atoms with Crippen LogP contribution in [0.15, 0.2) is 53.8 Å². The molecular formula is C22H20ClFN8O4. The molecule has 3 aromatic rings. The largest absolute Gasteiger partial charge is 0.391 e. The summed E-state index contributed by atoms with van der Waals surface area (Å²) in [5.41, 5.74) is 15.1. The molecule has 12 nitrogen and oxygen atoms in total. The third-order valence-corrected chi connectivity index (χ3v) is 6.12. The Kier molecular flexibility index (Phi) is 6.97. The maximum Gasteiger partial charge on any atom is 0.323 e. The van der Waals surface area contributed by atoms with Crippen LogP contribution in [0.25, 0.3) is 21.3 Å². The second kappa shape index (κ2) is 10.1. The lowest BCUT2D eigenvalue weighted by molar-refractivity contribution is -0.125. The quantitative estimate of drug-likeness (QED) is 0.232. The molecule has 4 rings (SSSR count). The minimum Gasteiger partial charge on any atom is -0.391 e. The second-order valence-corrected chi connectivity index (χ2v) is 8.40. The molecule has 5 N–H and O–H groups in total. The fraction of sp³-hybridized carbons (Fsp3) is 0.227. The van der Waals surface area contributed by atoms with Gasteiger partial charge in [-0.2, -0.15) is 0 Å². The number of urea groups is 1. The highest BCUT2D eigenvalue weighted by Crippen LogP contribution is 2.28. The summed E-state index contributed by atoms with van der Waals surface area (Å²) in [7, 11) is 0. The number of amides is 4. The van der Waals surface area contributed by atoms with E-state index in [-0.39, 0.29) is 29.4 Å². The summed E-state index contributed by atoms with van der Waals surface area (Å²) in [5.74, 6) is -1.49. The van der Waals surface area contributed by atoms with Gasteiger partial charge in [0.1, 0.15) is 11.9 Å². The Bertz CT molecular complexity index is 1410. The van der Waals surface area contributed by atoms with Crippen molar-refractivity contribution in [1.29, 1.82) is 0 Å². The number of primary amides is 1. The molecule has 4 amide bonds. The topological polar surface area (TPSA) is 178 Å². The van der Waals surface area contributed by atoms with Gasteiger partial charge in [-0.1, -0.05) is 47.0 Å². The standard InChI is InChI=1S/C22H20ClFN8O4/c23-13-6-3-4-11(17(13)24)8-27-20(34)19-18(29-30-26)16(33)10-32(19)22(36)28-14-9-31(21(25)35)15-7-2-1-5-12(14)15/h1-7,9,16,18-19,33H,8,10H2,(H2,25,35)(H,27,34)(H,28,36)/t16-,18+,19-/m0/s1. The summed E-state index contributed by atoms with van der Waals surface area (Å²) >= 11 is 5.78. The lowest BCUT2D eigenvalue weighted by Crippen LogP contribution is -2.51. The van der Waals surface area contributed by atoms with E-state index in [9.17, 15) is 23.9 Å². The maximum absolute atomic E-state index is 14.2. The zero-order valence-corrected chi connectivity index (χ0v) is 19.3. The molecule has 14 heteroatoms. The van der Waals surface area contributed by atoms with Gasteiger partial charge in [0.15, 0.2) is 0 Å². The van der Waals surface area contributed by atoms with E-state index in [2.05, 4.69) is 20.7 Å². The number of anilines is 1. The molecule has 0 unspecified atom stereocenters. The van der Waals surface area contributed by atoms with Crippen LogP contribution in [0.1, 0.15) is 5.56 Å². The highest BCUT2D eigenvalue weighted by atomic mass is 35.5. The molecule has 2 aromatic carbocycles. The SMILES string of the molecule is [N-]=[N+]=N[C@H]1[C@@H](C(=O)NCc2cccc(Cl)c2F)N(C(=O)Nc2cn(C(N)=O)c3ccccc23)C[C@@H]1O. The van der Waals surface area contributed by atoms with Crippen LogP contribution in [-0.4, -0.2) is 57.3 Å². The van der Waals surface area contributed by atoms with E-state index in [4.69, 9.17) is 22.9 Å². The van der Waals surface area contributed by atoms with E-state index in [1.165, 1.54) is 24.4 Å². The number of nitrogens with two attached hydrogens (primary N) is 1. The molecule has 0 bridgehead atoms. The van der Waals surface area contributed by atoms with E-state index in [0.29, 0.717) is 10.9 Å². The number of aliphatic hydroxyl groups excluding tert-OH is 1. The minimum absolute atomic E-state index is 0.102. The minimum atomic E-state index is -1.40. The predicted molar refractivity (Wildman–Crippen MR) is 129 cm³/mol. The molecule has 1 aromatic heterocycles. The number of fused-ring (bicyclic) bond motifs is 1. The van der Waals surface area contributed by atoms with Crippen molar-refractivity contribution in [2.45, 2.75) is 24.7 Å². The molecule has 0 aliphatic carbocycles. The lowest BCUT2D eigenvalue weighted by Gasteiger charge is -2.25. The Morgan fingerprint density at radius 2 is 2.00 bits per heavy atom. The monoisotopic (exact) mass is 514 g/mol. The Hall–Kier alpha value is -4.32. The molecule has 2 heterocycles. The molecule has 36 heavy (non-hydrogen) atoms. The van der Waals surface area contributed by atoms with Crippen LogP contribution in [0.5, 0.6) is 0 Å². The van der Waals surface area contributed by atoms with Crippen molar-refractivity contribution in [3.05, 3.63) is 75.5 Å². The highest BCUT2D eigenvalue weighted by Gasteiger charge is 2.47. The predicted octanol–water partition coefficient (Wildman–Crippen LogP) is 2.93. The molecular weight excluding hydrogens is 495 g/mol. The molecule has 1 aliphatic heterocycles. The number of para-hydroxylation sites is 1. The Morgan fingerprint density at radius 3 is 2.72 bits per heavy atom. The molecule has 1 fully saturated rings. The van der Waals surface area contributed by atoms with Gasteiger partial charge in [-0.3, -0.25) is 9.36 Å². The molecule has 0 radical (unpaired) electrons. The summed E-state index contributed by atoms with van der Waals surface area (Å²) in [6, 6.07) is 6.72. The molecule has 1 saturated heterocycles. The number of β-amino-alcohol motifs (C(OH)–C–C–N with tert-alkyl or cyclic N) is 1. The number of aromatic nitrogens is 1. The average Bonchev–Trinajstić information content (AvgIpc) is 3.38. The first-order valence-corrected chi connectivity index (χ1v) is 11.0. The van der Waals surface area contributed by atoms with Crippen molar-refractivity contribution < 1.29 is 23.9 Å². The summed E-state index contributed by atoms with van der Waals surface area (Å²) in [5, 5.41) is 19.4. The van der Waals surface area contributed by atoms with Gasteiger partial charge in [0.25, 0.3) is 0 Å². The van der Waals surface area contributed by atoms with Gasteiger partial charge < -0.3 is 26.4 Å². The van der Waals surface area contributed by atoms with Crippen LogP contribution in [0.4, 0.5) is 19.7 Å². The third kappa shape index (κ3) is 4.62. The van der Waals surface area contributed by atoms with E-state index in [1.807, 2.05) is 0 Å². The number of aliphatic hydroxyl groups is 1. The van der Waals surface area contributed by atoms with E-state index < -0.39 is 42.0 Å². The average molecular weight is 515 g/mol. The Morgan fingerprint density at radius 1 is 1.25 bits per heavy atom. The summed E-state index contributed by atoms with van der Waals surface area (Å²) in [6.45, 7) is -0.587. The number of benzene rings is 2. The molecule has 0 spiro atoms. The second-order valence-electron chi connectivity index (χ2n) is 7.99. The van der Waals surface area contributed by atoms with Gasteiger partial charge in [0, 0.05) is 35.1 Å². The fourth-order valence-electron chi connectivity index (χ4n) is 4.14. The van der Waals surface area contributed by atoms with E-state index in [0.717, 1.165) is 9.47 Å². The zero-order chi connectivity index (χ0) is 26.0. The van der Waals surface area contributed by atoms with Crippen molar-refractivity contribution in [2.75, 3.05) is 11.9 Å². The summed E-state index contributed by atoms with van der Waals surface area (Å²) in [4.78, 5) is 41.8. The molecule has 186 valence electrons. The van der Waals surface area contributed by atoms with Crippen molar-refractivity contribution in [3.63, 3.8) is 0 Å². The highest BCUT2D eigenvalue weighted by molar-refractivity contribution is 6.30. The summed E-state index contributed by atoms with van der Waals surface area (Å²) in [6.07, 6.45) is -0.00321. The van der Waals surface area contributed by atoms with Crippen LogP contribution in [0.2, 0.25) is 5.02 Å². The van der Waals surface area contributed by atoms with Crippen LogP contribution in [0.3, 0.4) is 0 Å². The first-order chi connectivity index (χ1) is 17.2. The first-order valence-electron chi connectivity index (χ1n) is 10.6. The third-order valence-electron chi connectivity index (χ3n) is 5.83. The number of hydrogen-bond acceptors (Lipinski definition) is 5. The van der Waals surface area contributed by atoms with Crippen LogP contribution in [0, 0.1) is 5.82 Å². The number of carbonyl (C=O) groups excluding carboxylic acids is 3. The van der Waals surface area contributed by atoms with Gasteiger partial charge in [0.2, 0.25) is 5.91 Å². The smallest absolute Gasteiger partial charge is 0.323 e. The van der Waals surface area contributed by atoms with Crippen molar-refractivity contribution in [1.82, 2.24) is 14.8 Å². The first kappa shape index (κ1) is 24.8. The Balaban J connectivity index is 1.59. The lowest BCUT2D eigenvalue weighted by atomic mass is 10.1. The fourth-order valence-corrected chi connectivity index (χ4v) is 4.34. The zero-order valence-electron chi connectivity index (χ0n) is 18.5. The number of halogens is 2. The van der Waals surface area contributed by atoms with Gasteiger partial charge >= 0.3 is 12.1 Å². The number of carbonyl (C=O) groups is 3.